The number of carboxylic acid groups (broad SMARTS) is 1. The van der Waals surface area contributed by atoms with E-state index in [2.05, 4.69) is 9.97 Å². The van der Waals surface area contributed by atoms with Crippen LogP contribution in [0.5, 0.6) is 0 Å². The summed E-state index contributed by atoms with van der Waals surface area (Å²) in [5, 5.41) is 46.7. The lowest BCUT2D eigenvalue weighted by molar-refractivity contribution is -0.163. The van der Waals surface area contributed by atoms with Crippen LogP contribution in [0.2, 0.25) is 0 Å². The zero-order valence-corrected chi connectivity index (χ0v) is 10.5. The van der Waals surface area contributed by atoms with Gasteiger partial charge in [0.25, 0.3) is 0 Å². The number of aromatic nitrogens is 2. The van der Waals surface area contributed by atoms with Gasteiger partial charge in [-0.3, -0.25) is 0 Å². The Morgan fingerprint density at radius 2 is 1.86 bits per heavy atom. The summed E-state index contributed by atoms with van der Waals surface area (Å²) in [6.07, 6.45) is -8.18. The van der Waals surface area contributed by atoms with Crippen molar-refractivity contribution in [2.24, 2.45) is 0 Å². The van der Waals surface area contributed by atoms with Crippen molar-refractivity contribution in [2.75, 3.05) is 0 Å². The molecular weight excluding hydrogens is 287 g/mol. The summed E-state index contributed by atoms with van der Waals surface area (Å²) in [7, 11) is 0. The van der Waals surface area contributed by atoms with Crippen molar-refractivity contribution in [3.05, 3.63) is 29.8 Å². The summed E-state index contributed by atoms with van der Waals surface area (Å²) in [6, 6.07) is 3.62. The number of aliphatic carboxylic acids is 1. The number of carbonyl (C=O) groups is 1. The first-order chi connectivity index (χ1) is 9.81. The number of H-pyrrole nitrogens is 1. The molecule has 4 atom stereocenters. The second-order valence-corrected chi connectivity index (χ2v) is 4.49. The fourth-order valence-corrected chi connectivity index (χ4v) is 1.82. The molecule has 0 saturated heterocycles. The van der Waals surface area contributed by atoms with Gasteiger partial charge in [-0.05, 0) is 12.1 Å². The summed E-state index contributed by atoms with van der Waals surface area (Å²) in [5.74, 6) is -2.49. The number of aliphatic hydroxyl groups is 4. The third kappa shape index (κ3) is 3.00. The smallest absolute Gasteiger partial charge is 0.335 e. The van der Waals surface area contributed by atoms with Crippen LogP contribution in [0.1, 0.15) is 11.9 Å². The van der Waals surface area contributed by atoms with Crippen molar-refractivity contribution in [3.63, 3.8) is 0 Å². The molecule has 3 unspecified atom stereocenters. The number of fused-ring (bicyclic) bond motifs is 1. The molecule has 0 radical (unpaired) electrons. The Balaban J connectivity index is 2.24. The highest BCUT2D eigenvalue weighted by molar-refractivity contribution is 5.75. The van der Waals surface area contributed by atoms with Crippen molar-refractivity contribution in [1.29, 1.82) is 0 Å². The monoisotopic (exact) mass is 300 g/mol. The quantitative estimate of drug-likeness (QED) is 0.411. The van der Waals surface area contributed by atoms with E-state index in [1.165, 1.54) is 6.07 Å². The predicted molar refractivity (Wildman–Crippen MR) is 66.7 cm³/mol. The van der Waals surface area contributed by atoms with E-state index >= 15 is 0 Å². The van der Waals surface area contributed by atoms with Crippen LogP contribution in [-0.4, -0.2) is 59.8 Å². The Labute approximate surface area is 117 Å². The summed E-state index contributed by atoms with van der Waals surface area (Å²) in [5.41, 5.74) is 0.565. The molecule has 8 nitrogen and oxygen atoms in total. The van der Waals surface area contributed by atoms with Gasteiger partial charge in [-0.2, -0.15) is 0 Å². The van der Waals surface area contributed by atoms with Crippen molar-refractivity contribution in [3.8, 4) is 0 Å². The molecule has 0 spiro atoms. The third-order valence-electron chi connectivity index (χ3n) is 2.99. The Bertz CT molecular complexity index is 660. The van der Waals surface area contributed by atoms with Gasteiger partial charge in [-0.15, -0.1) is 0 Å². The van der Waals surface area contributed by atoms with Crippen LogP contribution in [0.3, 0.4) is 0 Å². The van der Waals surface area contributed by atoms with E-state index in [0.29, 0.717) is 5.52 Å². The van der Waals surface area contributed by atoms with Crippen LogP contribution >= 0.6 is 0 Å². The van der Waals surface area contributed by atoms with E-state index in [1.54, 1.807) is 0 Å². The van der Waals surface area contributed by atoms with E-state index in [0.717, 1.165) is 12.1 Å². The number of halogens is 1. The van der Waals surface area contributed by atoms with Gasteiger partial charge in [0.15, 0.2) is 6.10 Å². The fourth-order valence-electron chi connectivity index (χ4n) is 1.82. The number of nitrogens with one attached hydrogen (secondary N) is 1. The van der Waals surface area contributed by atoms with Gasteiger partial charge in [0.1, 0.15) is 30.0 Å². The lowest BCUT2D eigenvalue weighted by Gasteiger charge is -2.23. The van der Waals surface area contributed by atoms with Gasteiger partial charge < -0.3 is 30.5 Å². The maximum Gasteiger partial charge on any atom is 0.335 e. The van der Waals surface area contributed by atoms with Gasteiger partial charge >= 0.3 is 5.97 Å². The number of aromatic amines is 1. The van der Waals surface area contributed by atoms with E-state index in [-0.39, 0.29) is 11.3 Å². The topological polar surface area (TPSA) is 147 Å². The van der Waals surface area contributed by atoms with Crippen LogP contribution in [-0.2, 0) is 4.79 Å². The van der Waals surface area contributed by atoms with Crippen LogP contribution in [0, 0.1) is 5.82 Å². The number of benzene rings is 1. The predicted octanol–water partition coefficient (Wildman–Crippen LogP) is -1.10. The van der Waals surface area contributed by atoms with Gasteiger partial charge in [0.05, 0.1) is 11.0 Å². The minimum atomic E-state index is -2.27. The summed E-state index contributed by atoms with van der Waals surface area (Å²) in [6.45, 7) is 0. The van der Waals surface area contributed by atoms with Crippen LogP contribution in [0.15, 0.2) is 18.2 Å². The average Bonchev–Trinajstić information content (AvgIpc) is 2.86. The average molecular weight is 300 g/mol. The van der Waals surface area contributed by atoms with E-state index in [4.69, 9.17) is 10.2 Å². The minimum Gasteiger partial charge on any atom is -0.479 e. The first-order valence-electron chi connectivity index (χ1n) is 5.91. The second kappa shape index (κ2) is 5.74. The van der Waals surface area contributed by atoms with E-state index in [1.807, 2.05) is 0 Å². The summed E-state index contributed by atoms with van der Waals surface area (Å²) in [4.78, 5) is 16.9. The summed E-state index contributed by atoms with van der Waals surface area (Å²) < 4.78 is 13.0. The van der Waals surface area contributed by atoms with E-state index < -0.39 is 36.2 Å². The van der Waals surface area contributed by atoms with Crippen molar-refractivity contribution >= 4 is 17.0 Å². The maximum absolute atomic E-state index is 13.0. The zero-order valence-electron chi connectivity index (χ0n) is 10.5. The number of carboxylic acids is 1. The molecule has 9 heteroatoms. The molecule has 6 N–H and O–H groups in total. The SMILES string of the molecule is O=C(O)C(O)C(O)C(O)[C@H](O)c1nc2cc(F)ccc2[nH]1. The number of nitrogens with zero attached hydrogens (tertiary/aromatic N) is 1. The molecule has 1 heterocycles. The van der Waals surface area contributed by atoms with Crippen LogP contribution in [0.4, 0.5) is 4.39 Å². The van der Waals surface area contributed by atoms with Crippen molar-refractivity contribution < 1.29 is 34.7 Å². The molecule has 0 fully saturated rings. The lowest BCUT2D eigenvalue weighted by atomic mass is 10.0. The molecule has 1 aromatic carbocycles. The standard InChI is InChI=1S/C12H13FN2O6/c13-4-1-2-5-6(3-4)15-11(14-5)9(18)7(16)8(17)10(19)12(20)21/h1-3,7-10,16-19H,(H,14,15)(H,20,21)/t7?,8?,9-,10?/m0/s1. The number of aliphatic hydroxyl groups excluding tert-OH is 4. The molecule has 0 aliphatic rings. The number of hydrogen-bond donors (Lipinski definition) is 6. The highest BCUT2D eigenvalue weighted by Gasteiger charge is 2.36. The first kappa shape index (κ1) is 15.3. The highest BCUT2D eigenvalue weighted by atomic mass is 19.1. The largest absolute Gasteiger partial charge is 0.479 e. The Kier molecular flexibility index (Phi) is 4.19. The Morgan fingerprint density at radius 3 is 2.48 bits per heavy atom. The number of imidazole rings is 1. The minimum absolute atomic E-state index is 0.185. The lowest BCUT2D eigenvalue weighted by Crippen LogP contribution is -2.45. The fraction of sp³-hybridized carbons (Fsp3) is 0.333. The molecule has 0 aliphatic heterocycles. The number of rotatable bonds is 5. The van der Waals surface area contributed by atoms with Gasteiger partial charge in [-0.1, -0.05) is 0 Å². The van der Waals surface area contributed by atoms with Crippen LogP contribution in [0.25, 0.3) is 11.0 Å². The third-order valence-corrected chi connectivity index (χ3v) is 2.99. The highest BCUT2D eigenvalue weighted by Crippen LogP contribution is 2.21. The number of hydrogen-bond acceptors (Lipinski definition) is 6. The molecule has 2 rings (SSSR count). The van der Waals surface area contributed by atoms with Gasteiger partial charge in [-0.25, -0.2) is 14.2 Å². The Morgan fingerprint density at radius 1 is 1.19 bits per heavy atom. The Hall–Kier alpha value is -2.07. The molecule has 2 aromatic rings. The molecule has 0 aliphatic carbocycles. The first-order valence-corrected chi connectivity index (χ1v) is 5.91. The molecule has 21 heavy (non-hydrogen) atoms. The maximum atomic E-state index is 13.0. The van der Waals surface area contributed by atoms with Gasteiger partial charge in [0, 0.05) is 6.07 Å². The molecule has 1 aromatic heterocycles. The molecule has 0 bridgehead atoms. The van der Waals surface area contributed by atoms with E-state index in [9.17, 15) is 24.5 Å². The zero-order chi connectivity index (χ0) is 15.7. The molecule has 0 saturated carbocycles. The summed E-state index contributed by atoms with van der Waals surface area (Å²) >= 11 is 0. The molecular formula is C12H13FN2O6. The second-order valence-electron chi connectivity index (χ2n) is 4.49. The van der Waals surface area contributed by atoms with Gasteiger partial charge in [0.2, 0.25) is 0 Å². The molecule has 114 valence electrons. The molecule has 0 amide bonds. The normalized spacial score (nSPS) is 17.4. The van der Waals surface area contributed by atoms with Crippen LogP contribution < -0.4 is 0 Å². The van der Waals surface area contributed by atoms with Crippen molar-refractivity contribution in [2.45, 2.75) is 24.4 Å². The van der Waals surface area contributed by atoms with Crippen molar-refractivity contribution in [1.82, 2.24) is 9.97 Å².